The molecule has 2 aromatic rings. The molecule has 1 heterocycles. The van der Waals surface area contributed by atoms with Crippen LogP contribution in [0.1, 0.15) is 5.69 Å². The second-order valence-electron chi connectivity index (χ2n) is 4.10. The van der Waals surface area contributed by atoms with E-state index in [1.165, 1.54) is 0 Å². The van der Waals surface area contributed by atoms with Crippen molar-refractivity contribution in [2.45, 2.75) is 13.1 Å². The number of ether oxygens (including phenoxy) is 2. The van der Waals surface area contributed by atoms with Crippen molar-refractivity contribution in [1.82, 2.24) is 15.1 Å². The Hall–Kier alpha value is -2.01. The van der Waals surface area contributed by atoms with Crippen molar-refractivity contribution in [1.29, 1.82) is 0 Å². The topological polar surface area (TPSA) is 48.3 Å². The average Bonchev–Trinajstić information content (AvgIpc) is 2.88. The van der Waals surface area contributed by atoms with E-state index in [2.05, 4.69) is 10.4 Å². The monoisotopic (exact) mass is 261 g/mol. The van der Waals surface area contributed by atoms with Gasteiger partial charge in [-0.1, -0.05) is 0 Å². The lowest BCUT2D eigenvalue weighted by molar-refractivity contribution is 0.288. The van der Waals surface area contributed by atoms with Gasteiger partial charge in [-0.3, -0.25) is 4.68 Å². The highest BCUT2D eigenvalue weighted by Crippen LogP contribution is 2.16. The highest BCUT2D eigenvalue weighted by Gasteiger charge is 2.01. The third-order valence-electron chi connectivity index (χ3n) is 2.79. The van der Waals surface area contributed by atoms with Gasteiger partial charge in [0, 0.05) is 12.7 Å². The number of aromatic nitrogens is 2. The number of rotatable bonds is 7. The zero-order valence-corrected chi connectivity index (χ0v) is 11.3. The lowest BCUT2D eigenvalue weighted by Crippen LogP contribution is -2.15. The highest BCUT2D eigenvalue weighted by molar-refractivity contribution is 5.31. The van der Waals surface area contributed by atoms with Gasteiger partial charge in [-0.05, 0) is 37.4 Å². The minimum Gasteiger partial charge on any atom is -0.497 e. The number of nitrogens with one attached hydrogen (secondary N) is 1. The number of hydrogen-bond donors (Lipinski definition) is 1. The van der Waals surface area contributed by atoms with Crippen LogP contribution in [0, 0.1) is 0 Å². The second-order valence-corrected chi connectivity index (χ2v) is 4.10. The fourth-order valence-electron chi connectivity index (χ4n) is 1.81. The van der Waals surface area contributed by atoms with Crippen LogP contribution in [0.25, 0.3) is 0 Å². The predicted octanol–water partition coefficient (Wildman–Crippen LogP) is 1.69. The molecule has 1 aromatic heterocycles. The number of hydrogen-bond acceptors (Lipinski definition) is 4. The first kappa shape index (κ1) is 13.4. The van der Waals surface area contributed by atoms with Crippen LogP contribution in [0.2, 0.25) is 0 Å². The summed E-state index contributed by atoms with van der Waals surface area (Å²) in [5, 5.41) is 7.39. The second kappa shape index (κ2) is 6.80. The standard InChI is InChI=1S/C14H19N3O2/c1-15-11-12-7-8-16-17(12)9-10-19-14-5-3-13(18-2)4-6-14/h3-8,15H,9-11H2,1-2H3. The maximum absolute atomic E-state index is 5.68. The molecule has 0 saturated heterocycles. The maximum atomic E-state index is 5.68. The molecule has 0 aliphatic carbocycles. The Morgan fingerprint density at radius 3 is 2.58 bits per heavy atom. The summed E-state index contributed by atoms with van der Waals surface area (Å²) in [7, 11) is 3.57. The van der Waals surface area contributed by atoms with Gasteiger partial charge in [-0.15, -0.1) is 0 Å². The van der Waals surface area contributed by atoms with Crippen molar-refractivity contribution in [2.75, 3.05) is 20.8 Å². The molecule has 102 valence electrons. The Balaban J connectivity index is 1.83. The van der Waals surface area contributed by atoms with Gasteiger partial charge < -0.3 is 14.8 Å². The molecule has 5 nitrogen and oxygen atoms in total. The Morgan fingerprint density at radius 1 is 1.16 bits per heavy atom. The fourth-order valence-corrected chi connectivity index (χ4v) is 1.81. The van der Waals surface area contributed by atoms with E-state index in [-0.39, 0.29) is 0 Å². The SMILES string of the molecule is CNCc1ccnn1CCOc1ccc(OC)cc1. The third-order valence-corrected chi connectivity index (χ3v) is 2.79. The van der Waals surface area contributed by atoms with Crippen LogP contribution < -0.4 is 14.8 Å². The molecule has 0 atom stereocenters. The Kier molecular flexibility index (Phi) is 4.80. The van der Waals surface area contributed by atoms with Gasteiger partial charge in [0.25, 0.3) is 0 Å². The third kappa shape index (κ3) is 3.72. The van der Waals surface area contributed by atoms with Crippen molar-refractivity contribution in [3.63, 3.8) is 0 Å². The maximum Gasteiger partial charge on any atom is 0.119 e. The molecule has 0 radical (unpaired) electrons. The van der Waals surface area contributed by atoms with E-state index in [1.807, 2.05) is 42.1 Å². The molecular formula is C14H19N3O2. The molecule has 5 heteroatoms. The minimum absolute atomic E-state index is 0.588. The van der Waals surface area contributed by atoms with Crippen molar-refractivity contribution >= 4 is 0 Å². The van der Waals surface area contributed by atoms with E-state index < -0.39 is 0 Å². The average molecular weight is 261 g/mol. The molecule has 0 aliphatic heterocycles. The molecular weight excluding hydrogens is 242 g/mol. The van der Waals surface area contributed by atoms with E-state index in [0.29, 0.717) is 6.61 Å². The summed E-state index contributed by atoms with van der Waals surface area (Å²) in [4.78, 5) is 0. The lowest BCUT2D eigenvalue weighted by atomic mass is 10.3. The first-order valence-electron chi connectivity index (χ1n) is 6.25. The molecule has 0 aliphatic rings. The molecule has 19 heavy (non-hydrogen) atoms. The van der Waals surface area contributed by atoms with Crippen molar-refractivity contribution in [3.8, 4) is 11.5 Å². The quantitative estimate of drug-likeness (QED) is 0.824. The van der Waals surface area contributed by atoms with E-state index in [1.54, 1.807) is 13.3 Å². The highest BCUT2D eigenvalue weighted by atomic mass is 16.5. The predicted molar refractivity (Wildman–Crippen MR) is 73.5 cm³/mol. The van der Waals surface area contributed by atoms with Crippen LogP contribution in [0.3, 0.4) is 0 Å². The zero-order chi connectivity index (χ0) is 13.5. The smallest absolute Gasteiger partial charge is 0.119 e. The summed E-state index contributed by atoms with van der Waals surface area (Å²) >= 11 is 0. The van der Waals surface area contributed by atoms with Gasteiger partial charge in [-0.2, -0.15) is 5.10 Å². The summed E-state index contributed by atoms with van der Waals surface area (Å²) in [6.45, 7) is 2.13. The molecule has 1 aromatic carbocycles. The Labute approximate surface area is 113 Å². The first-order valence-corrected chi connectivity index (χ1v) is 6.25. The van der Waals surface area contributed by atoms with Gasteiger partial charge in [0.1, 0.15) is 18.1 Å². The van der Waals surface area contributed by atoms with Gasteiger partial charge in [0.15, 0.2) is 0 Å². The van der Waals surface area contributed by atoms with E-state index in [0.717, 1.165) is 30.3 Å². The van der Waals surface area contributed by atoms with Crippen molar-refractivity contribution in [3.05, 3.63) is 42.2 Å². The molecule has 0 spiro atoms. The van der Waals surface area contributed by atoms with Crippen LogP contribution in [-0.2, 0) is 13.1 Å². The molecule has 1 N–H and O–H groups in total. The van der Waals surface area contributed by atoms with Crippen LogP contribution >= 0.6 is 0 Å². The Morgan fingerprint density at radius 2 is 1.89 bits per heavy atom. The molecule has 0 bridgehead atoms. The fraction of sp³-hybridized carbons (Fsp3) is 0.357. The summed E-state index contributed by atoms with van der Waals surface area (Å²) in [5.74, 6) is 1.67. The van der Waals surface area contributed by atoms with Crippen molar-refractivity contribution in [2.24, 2.45) is 0 Å². The summed E-state index contributed by atoms with van der Waals surface area (Å²) in [5.41, 5.74) is 1.15. The summed E-state index contributed by atoms with van der Waals surface area (Å²) in [6, 6.07) is 9.57. The largest absolute Gasteiger partial charge is 0.497 e. The summed E-state index contributed by atoms with van der Waals surface area (Å²) < 4.78 is 12.7. The van der Waals surface area contributed by atoms with E-state index in [4.69, 9.17) is 9.47 Å². The van der Waals surface area contributed by atoms with Gasteiger partial charge in [0.2, 0.25) is 0 Å². The van der Waals surface area contributed by atoms with Gasteiger partial charge >= 0.3 is 0 Å². The van der Waals surface area contributed by atoms with E-state index in [9.17, 15) is 0 Å². The van der Waals surface area contributed by atoms with Gasteiger partial charge in [-0.25, -0.2) is 0 Å². The molecule has 2 rings (SSSR count). The molecule has 0 unspecified atom stereocenters. The molecule has 0 amide bonds. The minimum atomic E-state index is 0.588. The van der Waals surface area contributed by atoms with Gasteiger partial charge in [0.05, 0.1) is 19.3 Å². The van der Waals surface area contributed by atoms with Crippen LogP contribution in [-0.4, -0.2) is 30.5 Å². The number of nitrogens with zero attached hydrogens (tertiary/aromatic N) is 2. The van der Waals surface area contributed by atoms with Crippen LogP contribution in [0.4, 0.5) is 0 Å². The first-order chi connectivity index (χ1) is 9.33. The van der Waals surface area contributed by atoms with E-state index >= 15 is 0 Å². The number of benzene rings is 1. The molecule has 0 fully saturated rings. The van der Waals surface area contributed by atoms with Crippen molar-refractivity contribution < 1.29 is 9.47 Å². The summed E-state index contributed by atoms with van der Waals surface area (Å²) in [6.07, 6.45) is 1.81. The van der Waals surface area contributed by atoms with Crippen LogP contribution in [0.15, 0.2) is 36.5 Å². The zero-order valence-electron chi connectivity index (χ0n) is 11.3. The Bertz CT molecular complexity index is 494. The number of methoxy groups -OCH3 is 1. The lowest BCUT2D eigenvalue weighted by Gasteiger charge is -2.09. The normalized spacial score (nSPS) is 10.4. The van der Waals surface area contributed by atoms with Crippen LogP contribution in [0.5, 0.6) is 11.5 Å². The molecule has 0 saturated carbocycles.